The Labute approximate surface area is 134 Å². The van der Waals surface area contributed by atoms with E-state index in [1.165, 1.54) is 17.0 Å². The van der Waals surface area contributed by atoms with Crippen LogP contribution in [0, 0.1) is 6.92 Å². The number of thiazole rings is 1. The van der Waals surface area contributed by atoms with Gasteiger partial charge in [0.05, 0.1) is 11.2 Å². The summed E-state index contributed by atoms with van der Waals surface area (Å²) in [7, 11) is 2.01. The van der Waals surface area contributed by atoms with Crippen LogP contribution in [0.5, 0.6) is 0 Å². The molecule has 0 unspecified atom stereocenters. The lowest BCUT2D eigenvalue weighted by Gasteiger charge is -2.38. The zero-order chi connectivity index (χ0) is 15.3. The molecule has 2 aliphatic rings. The van der Waals surface area contributed by atoms with Gasteiger partial charge < -0.3 is 4.90 Å². The topological polar surface area (TPSA) is 51.0 Å². The molecule has 2 aromatic heterocycles. The summed E-state index contributed by atoms with van der Waals surface area (Å²) >= 11 is 1.47. The number of fused-ring (bicyclic) bond motifs is 2. The molecule has 2 saturated heterocycles. The number of piperidine rings is 1. The number of carbonyl (C=O) groups is 1. The molecule has 4 heterocycles. The second-order valence-corrected chi connectivity index (χ2v) is 7.27. The van der Waals surface area contributed by atoms with Gasteiger partial charge in [-0.2, -0.15) is 5.10 Å². The smallest absolute Gasteiger partial charge is 0.266 e. The molecule has 0 aliphatic carbocycles. The van der Waals surface area contributed by atoms with Gasteiger partial charge in [-0.1, -0.05) is 0 Å². The van der Waals surface area contributed by atoms with Crippen molar-refractivity contribution in [2.45, 2.75) is 50.6 Å². The van der Waals surface area contributed by atoms with E-state index in [0.29, 0.717) is 18.0 Å². The number of hydrogen-bond acceptors (Lipinski definition) is 4. The Kier molecular flexibility index (Phi) is 3.29. The lowest BCUT2D eigenvalue weighted by molar-refractivity contribution is 0.0572. The second-order valence-electron chi connectivity index (χ2n) is 6.41. The maximum Gasteiger partial charge on any atom is 0.266 e. The summed E-state index contributed by atoms with van der Waals surface area (Å²) in [6.45, 7) is 1.92. The molecule has 22 heavy (non-hydrogen) atoms. The van der Waals surface area contributed by atoms with Gasteiger partial charge in [-0.3, -0.25) is 9.48 Å². The molecule has 2 aliphatic heterocycles. The van der Waals surface area contributed by atoms with Crippen LogP contribution in [-0.2, 0) is 7.05 Å². The molecular weight excluding hydrogens is 296 g/mol. The van der Waals surface area contributed by atoms with E-state index in [2.05, 4.69) is 21.0 Å². The first-order valence-electron chi connectivity index (χ1n) is 7.85. The Balaban J connectivity index is 1.58. The monoisotopic (exact) mass is 316 g/mol. The van der Waals surface area contributed by atoms with Crippen LogP contribution in [0.15, 0.2) is 17.8 Å². The van der Waals surface area contributed by atoms with Gasteiger partial charge in [0.25, 0.3) is 5.91 Å². The molecule has 2 aromatic rings. The summed E-state index contributed by atoms with van der Waals surface area (Å²) in [4.78, 5) is 20.1. The molecule has 4 rings (SSSR count). The molecule has 2 bridgehead atoms. The molecule has 0 aromatic carbocycles. The van der Waals surface area contributed by atoms with Gasteiger partial charge in [0.1, 0.15) is 4.88 Å². The SMILES string of the molecule is Cc1ncsc1C(=O)N1[C@H]2CC[C@H]1CC(c1ccnn1C)C2. The van der Waals surface area contributed by atoms with Crippen molar-refractivity contribution in [1.29, 1.82) is 0 Å². The molecule has 0 spiro atoms. The molecule has 2 fully saturated rings. The van der Waals surface area contributed by atoms with Crippen molar-refractivity contribution in [3.63, 3.8) is 0 Å². The summed E-state index contributed by atoms with van der Waals surface area (Å²) < 4.78 is 1.98. The molecule has 0 saturated carbocycles. The van der Waals surface area contributed by atoms with Gasteiger partial charge in [-0.15, -0.1) is 11.3 Å². The first-order valence-corrected chi connectivity index (χ1v) is 8.73. The standard InChI is InChI=1S/C16H20N4OS/c1-10-15(22-9-17-10)16(21)20-12-3-4-13(20)8-11(7-12)14-5-6-18-19(14)2/h5-6,9,11-13H,3-4,7-8H2,1-2H3/t12-,13-/m0/s1. The molecule has 2 atom stereocenters. The summed E-state index contributed by atoms with van der Waals surface area (Å²) in [5, 5.41) is 4.30. The number of aryl methyl sites for hydroxylation is 2. The minimum absolute atomic E-state index is 0.191. The van der Waals surface area contributed by atoms with Crippen molar-refractivity contribution in [2.75, 3.05) is 0 Å². The summed E-state index contributed by atoms with van der Waals surface area (Å²) in [5.74, 6) is 0.715. The van der Waals surface area contributed by atoms with Gasteiger partial charge >= 0.3 is 0 Å². The van der Waals surface area contributed by atoms with Crippen LogP contribution >= 0.6 is 11.3 Å². The van der Waals surface area contributed by atoms with Crippen LogP contribution in [0.25, 0.3) is 0 Å². The van der Waals surface area contributed by atoms with E-state index in [1.807, 2.05) is 24.9 Å². The molecule has 116 valence electrons. The maximum absolute atomic E-state index is 12.9. The van der Waals surface area contributed by atoms with Crippen molar-refractivity contribution >= 4 is 17.2 Å². The van der Waals surface area contributed by atoms with Crippen molar-refractivity contribution in [3.8, 4) is 0 Å². The molecule has 0 N–H and O–H groups in total. The number of amides is 1. The van der Waals surface area contributed by atoms with E-state index >= 15 is 0 Å². The van der Waals surface area contributed by atoms with Crippen LogP contribution in [0.1, 0.15) is 52.7 Å². The average Bonchev–Trinajstić information content (AvgIpc) is 3.17. The fourth-order valence-corrected chi connectivity index (χ4v) is 4.90. The molecular formula is C16H20N4OS. The average molecular weight is 316 g/mol. The summed E-state index contributed by atoms with van der Waals surface area (Å²) in [5.41, 5.74) is 3.94. The minimum Gasteiger partial charge on any atom is -0.332 e. The Morgan fingerprint density at radius 1 is 1.32 bits per heavy atom. The van der Waals surface area contributed by atoms with Crippen LogP contribution in [0.4, 0.5) is 0 Å². The third-order valence-electron chi connectivity index (χ3n) is 5.18. The number of aromatic nitrogens is 3. The van der Waals surface area contributed by atoms with E-state index in [9.17, 15) is 4.79 Å². The number of carbonyl (C=O) groups excluding carboxylic acids is 1. The number of hydrogen-bond donors (Lipinski definition) is 0. The van der Waals surface area contributed by atoms with E-state index in [-0.39, 0.29) is 5.91 Å². The predicted octanol–water partition coefficient (Wildman–Crippen LogP) is 2.74. The quantitative estimate of drug-likeness (QED) is 0.856. The summed E-state index contributed by atoms with van der Waals surface area (Å²) in [6.07, 6.45) is 6.24. The fraction of sp³-hybridized carbons (Fsp3) is 0.562. The maximum atomic E-state index is 12.9. The second kappa shape index (κ2) is 5.19. The third kappa shape index (κ3) is 2.08. The van der Waals surface area contributed by atoms with E-state index < -0.39 is 0 Å². The molecule has 1 amide bonds. The summed E-state index contributed by atoms with van der Waals surface area (Å²) in [6, 6.07) is 2.86. The van der Waals surface area contributed by atoms with Gasteiger partial charge in [0.15, 0.2) is 0 Å². The highest BCUT2D eigenvalue weighted by Crippen LogP contribution is 2.43. The van der Waals surface area contributed by atoms with Crippen LogP contribution in [0.2, 0.25) is 0 Å². The highest BCUT2D eigenvalue weighted by molar-refractivity contribution is 7.11. The number of nitrogens with zero attached hydrogens (tertiary/aromatic N) is 4. The lowest BCUT2D eigenvalue weighted by atomic mass is 9.88. The normalized spacial score (nSPS) is 27.4. The van der Waals surface area contributed by atoms with Crippen molar-refractivity contribution < 1.29 is 4.79 Å². The molecule has 5 nitrogen and oxygen atoms in total. The number of rotatable bonds is 2. The van der Waals surface area contributed by atoms with Crippen LogP contribution in [0.3, 0.4) is 0 Å². The Morgan fingerprint density at radius 2 is 2.05 bits per heavy atom. The lowest BCUT2D eigenvalue weighted by Crippen LogP contribution is -2.46. The zero-order valence-electron chi connectivity index (χ0n) is 12.9. The highest BCUT2D eigenvalue weighted by Gasteiger charge is 2.44. The van der Waals surface area contributed by atoms with E-state index in [4.69, 9.17) is 0 Å². The van der Waals surface area contributed by atoms with Crippen molar-refractivity contribution in [3.05, 3.63) is 34.0 Å². The molecule has 6 heteroatoms. The minimum atomic E-state index is 0.191. The molecule has 0 radical (unpaired) electrons. The van der Waals surface area contributed by atoms with Crippen LogP contribution < -0.4 is 0 Å². The Morgan fingerprint density at radius 3 is 2.59 bits per heavy atom. The van der Waals surface area contributed by atoms with Crippen molar-refractivity contribution in [1.82, 2.24) is 19.7 Å². The Hall–Kier alpha value is -1.69. The first kappa shape index (κ1) is 13.9. The fourth-order valence-electron chi connectivity index (χ4n) is 4.16. The zero-order valence-corrected chi connectivity index (χ0v) is 13.7. The first-order chi connectivity index (χ1) is 10.6. The van der Waals surface area contributed by atoms with Gasteiger partial charge in [-0.25, -0.2) is 4.98 Å². The van der Waals surface area contributed by atoms with Crippen LogP contribution in [-0.4, -0.2) is 37.7 Å². The van der Waals surface area contributed by atoms with E-state index in [1.54, 1.807) is 5.51 Å². The van der Waals surface area contributed by atoms with Gasteiger partial charge in [0.2, 0.25) is 0 Å². The van der Waals surface area contributed by atoms with Gasteiger partial charge in [-0.05, 0) is 38.7 Å². The Bertz CT molecular complexity index is 693. The third-order valence-corrected chi connectivity index (χ3v) is 6.10. The highest BCUT2D eigenvalue weighted by atomic mass is 32.1. The van der Waals surface area contributed by atoms with Crippen molar-refractivity contribution in [2.24, 2.45) is 7.05 Å². The largest absolute Gasteiger partial charge is 0.332 e. The van der Waals surface area contributed by atoms with Gasteiger partial charge in [0, 0.05) is 36.9 Å². The predicted molar refractivity (Wildman–Crippen MR) is 85.0 cm³/mol. The van der Waals surface area contributed by atoms with E-state index in [0.717, 1.165) is 36.3 Å².